The molecule has 1 saturated heterocycles. The second-order valence-corrected chi connectivity index (χ2v) is 7.84. The van der Waals surface area contributed by atoms with Gasteiger partial charge in [0.25, 0.3) is 0 Å². The van der Waals surface area contributed by atoms with Gasteiger partial charge in [-0.2, -0.15) is 0 Å². The smallest absolute Gasteiger partial charge is 0.167 e. The fourth-order valence-corrected chi connectivity index (χ4v) is 5.86. The summed E-state index contributed by atoms with van der Waals surface area (Å²) in [5.74, 6) is 2.97. The number of fused-ring (bicyclic) bond motifs is 1. The van der Waals surface area contributed by atoms with Gasteiger partial charge >= 0.3 is 0 Å². The number of hydrogen-bond donors (Lipinski definition) is 0. The zero-order valence-electron chi connectivity index (χ0n) is 10.7. The molecule has 1 fully saturated rings. The van der Waals surface area contributed by atoms with Crippen LogP contribution < -0.4 is 0 Å². The quantitative estimate of drug-likeness (QED) is 0.808. The van der Waals surface area contributed by atoms with Gasteiger partial charge in [-0.05, 0) is 36.0 Å². The van der Waals surface area contributed by atoms with Gasteiger partial charge in [-0.1, -0.05) is 31.1 Å². The van der Waals surface area contributed by atoms with E-state index >= 15 is 0 Å². The van der Waals surface area contributed by atoms with Crippen molar-refractivity contribution in [2.45, 2.75) is 24.3 Å². The highest BCUT2D eigenvalue weighted by atomic mass is 32.2. The van der Waals surface area contributed by atoms with Crippen molar-refractivity contribution in [2.24, 2.45) is 5.92 Å². The van der Waals surface area contributed by atoms with Gasteiger partial charge in [0.05, 0.1) is 0 Å². The molecule has 0 unspecified atom stereocenters. The monoisotopic (exact) mass is 279 g/mol. The van der Waals surface area contributed by atoms with E-state index in [0.717, 1.165) is 11.3 Å². The first-order valence-corrected chi connectivity index (χ1v) is 8.34. The van der Waals surface area contributed by atoms with Crippen LogP contribution in [-0.2, 0) is 4.08 Å². The average Bonchev–Trinajstić information content (AvgIpc) is 2.83. The van der Waals surface area contributed by atoms with Gasteiger partial charge in [-0.25, -0.2) is 0 Å². The molecule has 0 spiro atoms. The van der Waals surface area contributed by atoms with Crippen LogP contribution in [0, 0.1) is 5.92 Å². The zero-order chi connectivity index (χ0) is 12.6. The highest BCUT2D eigenvalue weighted by Crippen LogP contribution is 2.55. The summed E-state index contributed by atoms with van der Waals surface area (Å²) in [5, 5.41) is 5.57. The van der Waals surface area contributed by atoms with Gasteiger partial charge in [0.2, 0.25) is 0 Å². The number of nitrogens with zero attached hydrogens (tertiary/aromatic N) is 1. The molecular weight excluding hydrogens is 262 g/mol. The molecule has 0 N–H and O–H groups in total. The van der Waals surface area contributed by atoms with E-state index in [-0.39, 0.29) is 4.08 Å². The standard InChI is InChI=1S/C14H17NOS2/c1-10(2)14(17-8-5-9-18-14)13-11-6-3-4-7-12(11)16-15-13/h3-4,6-7,10H,5,8-9H2,1-2H3. The second-order valence-electron chi connectivity index (χ2n) is 4.90. The van der Waals surface area contributed by atoms with Gasteiger partial charge in [0.1, 0.15) is 9.77 Å². The van der Waals surface area contributed by atoms with E-state index in [1.165, 1.54) is 23.3 Å². The summed E-state index contributed by atoms with van der Waals surface area (Å²) in [6.07, 6.45) is 1.29. The van der Waals surface area contributed by atoms with Crippen molar-refractivity contribution in [3.63, 3.8) is 0 Å². The third-order valence-corrected chi connectivity index (χ3v) is 7.27. The van der Waals surface area contributed by atoms with E-state index in [9.17, 15) is 0 Å². The van der Waals surface area contributed by atoms with Crippen LogP contribution in [0.1, 0.15) is 26.0 Å². The number of benzene rings is 1. The molecular formula is C14H17NOS2. The van der Waals surface area contributed by atoms with Crippen LogP contribution in [0.4, 0.5) is 0 Å². The first-order chi connectivity index (χ1) is 8.74. The Hall–Kier alpha value is -0.610. The summed E-state index contributed by atoms with van der Waals surface area (Å²) in [4.78, 5) is 0. The van der Waals surface area contributed by atoms with Crippen molar-refractivity contribution in [1.29, 1.82) is 0 Å². The van der Waals surface area contributed by atoms with Crippen LogP contribution in [0.3, 0.4) is 0 Å². The maximum Gasteiger partial charge on any atom is 0.167 e. The largest absolute Gasteiger partial charge is 0.356 e. The number of hydrogen-bond acceptors (Lipinski definition) is 4. The van der Waals surface area contributed by atoms with Crippen molar-refractivity contribution >= 4 is 34.5 Å². The fourth-order valence-electron chi connectivity index (χ4n) is 2.43. The van der Waals surface area contributed by atoms with Gasteiger partial charge in [0.15, 0.2) is 5.58 Å². The molecule has 2 heterocycles. The third-order valence-electron chi connectivity index (χ3n) is 3.39. The highest BCUT2D eigenvalue weighted by Gasteiger charge is 2.42. The van der Waals surface area contributed by atoms with Gasteiger partial charge in [-0.15, -0.1) is 23.5 Å². The molecule has 18 heavy (non-hydrogen) atoms. The Kier molecular flexibility index (Phi) is 3.32. The summed E-state index contributed by atoms with van der Waals surface area (Å²) < 4.78 is 5.56. The van der Waals surface area contributed by atoms with Crippen molar-refractivity contribution < 1.29 is 4.52 Å². The zero-order valence-corrected chi connectivity index (χ0v) is 12.3. The molecule has 0 bridgehead atoms. The van der Waals surface area contributed by atoms with E-state index in [1.54, 1.807) is 0 Å². The summed E-state index contributed by atoms with van der Waals surface area (Å²) in [6, 6.07) is 8.19. The molecule has 3 rings (SSSR count). The third kappa shape index (κ3) is 1.86. The minimum absolute atomic E-state index is 0.0604. The lowest BCUT2D eigenvalue weighted by molar-refractivity contribution is 0.431. The molecule has 0 amide bonds. The first kappa shape index (κ1) is 12.4. The minimum atomic E-state index is 0.0604. The number of thioether (sulfide) groups is 2. The van der Waals surface area contributed by atoms with E-state index in [0.29, 0.717) is 5.92 Å². The molecule has 1 aromatic heterocycles. The minimum Gasteiger partial charge on any atom is -0.356 e. The van der Waals surface area contributed by atoms with E-state index in [1.807, 2.05) is 35.7 Å². The molecule has 4 heteroatoms. The second kappa shape index (κ2) is 4.82. The molecule has 0 aliphatic carbocycles. The Morgan fingerprint density at radius 3 is 2.67 bits per heavy atom. The SMILES string of the molecule is CC(C)C1(c2noc3ccccc23)SCCCS1. The molecule has 2 aromatic rings. The topological polar surface area (TPSA) is 26.0 Å². The van der Waals surface area contributed by atoms with Crippen molar-refractivity contribution in [2.75, 3.05) is 11.5 Å². The van der Waals surface area contributed by atoms with Crippen molar-refractivity contribution in [3.05, 3.63) is 30.0 Å². The first-order valence-electron chi connectivity index (χ1n) is 6.37. The van der Waals surface area contributed by atoms with Crippen molar-refractivity contribution in [3.8, 4) is 0 Å². The maximum atomic E-state index is 5.50. The number of para-hydroxylation sites is 1. The summed E-state index contributed by atoms with van der Waals surface area (Å²) in [6.45, 7) is 4.57. The predicted molar refractivity (Wildman–Crippen MR) is 80.1 cm³/mol. The normalized spacial score (nSPS) is 19.5. The Bertz CT molecular complexity index is 543. The lowest BCUT2D eigenvalue weighted by Gasteiger charge is -2.38. The lowest BCUT2D eigenvalue weighted by Crippen LogP contribution is -2.29. The van der Waals surface area contributed by atoms with Gasteiger partial charge in [0, 0.05) is 5.39 Å². The van der Waals surface area contributed by atoms with E-state index in [2.05, 4.69) is 31.1 Å². The summed E-state index contributed by atoms with van der Waals surface area (Å²) in [7, 11) is 0. The summed E-state index contributed by atoms with van der Waals surface area (Å²) in [5.41, 5.74) is 2.03. The maximum absolute atomic E-state index is 5.50. The van der Waals surface area contributed by atoms with E-state index < -0.39 is 0 Å². The van der Waals surface area contributed by atoms with E-state index in [4.69, 9.17) is 4.52 Å². The Balaban J connectivity index is 2.15. The van der Waals surface area contributed by atoms with Gasteiger partial charge < -0.3 is 4.52 Å². The number of rotatable bonds is 2. The van der Waals surface area contributed by atoms with Crippen LogP contribution in [0.15, 0.2) is 28.8 Å². The number of aromatic nitrogens is 1. The molecule has 1 aliphatic rings. The molecule has 1 aliphatic heterocycles. The molecule has 0 atom stereocenters. The Morgan fingerprint density at radius 2 is 1.94 bits per heavy atom. The van der Waals surface area contributed by atoms with Gasteiger partial charge in [-0.3, -0.25) is 0 Å². The predicted octanol–water partition coefficient (Wildman–Crippen LogP) is 4.51. The molecule has 2 nitrogen and oxygen atoms in total. The molecule has 0 radical (unpaired) electrons. The van der Waals surface area contributed by atoms with Crippen LogP contribution in [0.25, 0.3) is 11.0 Å². The van der Waals surface area contributed by atoms with Crippen LogP contribution >= 0.6 is 23.5 Å². The highest BCUT2D eigenvalue weighted by molar-refractivity contribution is 8.18. The lowest BCUT2D eigenvalue weighted by atomic mass is 10.0. The molecule has 1 aromatic carbocycles. The Morgan fingerprint density at radius 1 is 1.22 bits per heavy atom. The average molecular weight is 279 g/mol. The summed E-state index contributed by atoms with van der Waals surface area (Å²) >= 11 is 4.06. The van der Waals surface area contributed by atoms with Crippen LogP contribution in [0.5, 0.6) is 0 Å². The molecule has 0 saturated carbocycles. The van der Waals surface area contributed by atoms with Crippen LogP contribution in [0.2, 0.25) is 0 Å². The van der Waals surface area contributed by atoms with Crippen LogP contribution in [-0.4, -0.2) is 16.7 Å². The Labute approximate surface area is 116 Å². The molecule has 96 valence electrons. The van der Waals surface area contributed by atoms with Crippen molar-refractivity contribution in [1.82, 2.24) is 5.16 Å². The fraction of sp³-hybridized carbons (Fsp3) is 0.500.